The van der Waals surface area contributed by atoms with Crippen molar-refractivity contribution in [2.24, 2.45) is 0 Å². The highest BCUT2D eigenvalue weighted by molar-refractivity contribution is 5.33. The van der Waals surface area contributed by atoms with Gasteiger partial charge < -0.3 is 4.74 Å². The maximum absolute atomic E-state index is 10.3. The summed E-state index contributed by atoms with van der Waals surface area (Å²) in [6, 6.07) is 7.80. The lowest BCUT2D eigenvalue weighted by molar-refractivity contribution is 0.189. The second kappa shape index (κ2) is 4.78. The first kappa shape index (κ1) is 9.07. The third kappa shape index (κ3) is 2.24. The van der Waals surface area contributed by atoms with Gasteiger partial charge in [0.1, 0.15) is 5.75 Å². The van der Waals surface area contributed by atoms with Gasteiger partial charge in [-0.05, 0) is 24.5 Å². The summed E-state index contributed by atoms with van der Waals surface area (Å²) in [5, 5.41) is 10.3. The first-order valence-electron chi connectivity index (χ1n) is 4.08. The summed E-state index contributed by atoms with van der Waals surface area (Å²) in [6.45, 7) is -0.0158. The van der Waals surface area contributed by atoms with Crippen LogP contribution in [0.4, 0.5) is 0 Å². The molecule has 1 aromatic carbocycles. The Bertz CT molecular complexity index is 233. The van der Waals surface area contributed by atoms with Crippen LogP contribution < -0.4 is 4.74 Å². The third-order valence-corrected chi connectivity index (χ3v) is 1.78. The Morgan fingerprint density at radius 2 is 2.08 bits per heavy atom. The average Bonchev–Trinajstić information content (AvgIpc) is 2.15. The van der Waals surface area contributed by atoms with Crippen LogP contribution in [0.25, 0.3) is 0 Å². The van der Waals surface area contributed by atoms with Gasteiger partial charge in [-0.1, -0.05) is 18.2 Å². The minimum Gasteiger partial charge on any atom is -0.496 e. The molecule has 0 bridgehead atoms. The van der Waals surface area contributed by atoms with Gasteiger partial charge in [-0.25, -0.2) is 5.11 Å². The molecule has 2 heteroatoms. The third-order valence-electron chi connectivity index (χ3n) is 1.78. The molecule has 0 N–H and O–H groups in total. The molecule has 2 nitrogen and oxygen atoms in total. The predicted octanol–water partition coefficient (Wildman–Crippen LogP) is 2.06. The van der Waals surface area contributed by atoms with Gasteiger partial charge in [-0.3, -0.25) is 0 Å². The topological polar surface area (TPSA) is 29.1 Å². The number of ether oxygens (including phenoxy) is 1. The van der Waals surface area contributed by atoms with E-state index in [9.17, 15) is 5.11 Å². The molecule has 0 saturated carbocycles. The average molecular weight is 165 g/mol. The van der Waals surface area contributed by atoms with Crippen molar-refractivity contribution in [3.05, 3.63) is 29.8 Å². The zero-order valence-electron chi connectivity index (χ0n) is 7.25. The first-order chi connectivity index (χ1) is 5.88. The van der Waals surface area contributed by atoms with Gasteiger partial charge in [0, 0.05) is 0 Å². The molecular formula is C10H13O2. The zero-order chi connectivity index (χ0) is 8.81. The molecular weight excluding hydrogens is 152 g/mol. The molecule has 1 rings (SSSR count). The summed E-state index contributed by atoms with van der Waals surface area (Å²) < 4.78 is 5.14. The molecule has 1 aromatic rings. The molecule has 12 heavy (non-hydrogen) atoms. The molecule has 0 aromatic heterocycles. The van der Waals surface area contributed by atoms with Gasteiger partial charge >= 0.3 is 0 Å². The Labute approximate surface area is 72.8 Å². The van der Waals surface area contributed by atoms with Crippen LogP contribution in [0.1, 0.15) is 12.0 Å². The van der Waals surface area contributed by atoms with Crippen LogP contribution in [0.5, 0.6) is 5.75 Å². The van der Waals surface area contributed by atoms with Crippen LogP contribution >= 0.6 is 0 Å². The molecule has 0 fully saturated rings. The van der Waals surface area contributed by atoms with Gasteiger partial charge in [-0.15, -0.1) is 0 Å². The van der Waals surface area contributed by atoms with Crippen LogP contribution in [0.3, 0.4) is 0 Å². The minimum atomic E-state index is -0.0158. The molecule has 0 atom stereocenters. The first-order valence-corrected chi connectivity index (χ1v) is 4.08. The number of methoxy groups -OCH3 is 1. The van der Waals surface area contributed by atoms with E-state index >= 15 is 0 Å². The van der Waals surface area contributed by atoms with Crippen LogP contribution in [0.15, 0.2) is 24.3 Å². The van der Waals surface area contributed by atoms with Gasteiger partial charge in [0.2, 0.25) is 0 Å². The number of hydrogen-bond acceptors (Lipinski definition) is 1. The standard InChI is InChI=1S/C10H13O2/c1-12-10-7-3-2-5-9(10)6-4-8-11/h2-3,5,7H,4,6,8H2,1H3. The van der Waals surface area contributed by atoms with Crippen molar-refractivity contribution in [2.75, 3.05) is 13.7 Å². The largest absolute Gasteiger partial charge is 0.496 e. The quantitative estimate of drug-likeness (QED) is 0.671. The fourth-order valence-electron chi connectivity index (χ4n) is 1.17. The summed E-state index contributed by atoms with van der Waals surface area (Å²) >= 11 is 0. The maximum Gasteiger partial charge on any atom is 0.122 e. The Morgan fingerprint density at radius 1 is 1.33 bits per heavy atom. The molecule has 65 valence electrons. The van der Waals surface area contributed by atoms with Gasteiger partial charge in [0.05, 0.1) is 13.7 Å². The second-order valence-electron chi connectivity index (χ2n) is 2.62. The van der Waals surface area contributed by atoms with Gasteiger partial charge in [0.25, 0.3) is 0 Å². The Kier molecular flexibility index (Phi) is 3.61. The van der Waals surface area contributed by atoms with E-state index in [0.717, 1.165) is 17.7 Å². The summed E-state index contributed by atoms with van der Waals surface area (Å²) in [6.07, 6.45) is 1.49. The summed E-state index contributed by atoms with van der Waals surface area (Å²) in [5.74, 6) is 0.881. The Hall–Kier alpha value is -1.02. The molecule has 0 amide bonds. The molecule has 0 saturated heterocycles. The van der Waals surface area contributed by atoms with Crippen LogP contribution in [0, 0.1) is 0 Å². The highest BCUT2D eigenvalue weighted by Gasteiger charge is 1.99. The van der Waals surface area contributed by atoms with E-state index in [-0.39, 0.29) is 6.61 Å². The van der Waals surface area contributed by atoms with E-state index in [0.29, 0.717) is 6.42 Å². The number of hydrogen-bond donors (Lipinski definition) is 0. The second-order valence-corrected chi connectivity index (χ2v) is 2.62. The van der Waals surface area contributed by atoms with Crippen molar-refractivity contribution in [1.29, 1.82) is 0 Å². The summed E-state index contributed by atoms with van der Waals surface area (Å²) in [5.41, 5.74) is 1.12. The Morgan fingerprint density at radius 3 is 2.75 bits per heavy atom. The van der Waals surface area contributed by atoms with Crippen LogP contribution in [-0.2, 0) is 11.5 Å². The minimum absolute atomic E-state index is 0.0158. The van der Waals surface area contributed by atoms with E-state index in [2.05, 4.69) is 0 Å². The van der Waals surface area contributed by atoms with E-state index in [1.165, 1.54) is 0 Å². The van der Waals surface area contributed by atoms with Crippen molar-refractivity contribution < 1.29 is 9.84 Å². The molecule has 0 spiro atoms. The van der Waals surface area contributed by atoms with E-state index in [1.54, 1.807) is 7.11 Å². The van der Waals surface area contributed by atoms with E-state index < -0.39 is 0 Å². The van der Waals surface area contributed by atoms with Crippen molar-refractivity contribution in [2.45, 2.75) is 12.8 Å². The number of aryl methyl sites for hydroxylation is 1. The highest BCUT2D eigenvalue weighted by atomic mass is 16.5. The van der Waals surface area contributed by atoms with Gasteiger partial charge in [-0.2, -0.15) is 0 Å². The fourth-order valence-corrected chi connectivity index (χ4v) is 1.17. The fraction of sp³-hybridized carbons (Fsp3) is 0.400. The molecule has 0 heterocycles. The lowest BCUT2D eigenvalue weighted by Gasteiger charge is -2.05. The van der Waals surface area contributed by atoms with Crippen molar-refractivity contribution in [3.63, 3.8) is 0 Å². The van der Waals surface area contributed by atoms with Crippen LogP contribution in [-0.4, -0.2) is 13.7 Å². The zero-order valence-corrected chi connectivity index (χ0v) is 7.25. The number of para-hydroxylation sites is 1. The number of benzene rings is 1. The summed E-state index contributed by atoms with van der Waals surface area (Å²) in [4.78, 5) is 0. The number of rotatable bonds is 4. The van der Waals surface area contributed by atoms with Crippen molar-refractivity contribution in [1.82, 2.24) is 0 Å². The molecule has 1 radical (unpaired) electrons. The molecule has 0 aliphatic rings. The molecule has 0 aliphatic carbocycles. The molecule has 0 aliphatic heterocycles. The van der Waals surface area contributed by atoms with Crippen molar-refractivity contribution in [3.8, 4) is 5.75 Å². The highest BCUT2D eigenvalue weighted by Crippen LogP contribution is 2.18. The van der Waals surface area contributed by atoms with E-state index in [4.69, 9.17) is 4.74 Å². The lowest BCUT2D eigenvalue weighted by Crippen LogP contribution is -1.93. The molecule has 0 unspecified atom stereocenters. The monoisotopic (exact) mass is 165 g/mol. The van der Waals surface area contributed by atoms with Crippen molar-refractivity contribution >= 4 is 0 Å². The predicted molar refractivity (Wildman–Crippen MR) is 46.9 cm³/mol. The maximum atomic E-state index is 10.3. The SMILES string of the molecule is COc1ccccc1CCC[O]. The van der Waals surface area contributed by atoms with Crippen LogP contribution in [0.2, 0.25) is 0 Å². The summed E-state index contributed by atoms with van der Waals surface area (Å²) in [7, 11) is 1.65. The smallest absolute Gasteiger partial charge is 0.122 e. The van der Waals surface area contributed by atoms with E-state index in [1.807, 2.05) is 24.3 Å². The lowest BCUT2D eigenvalue weighted by atomic mass is 10.1. The Balaban J connectivity index is 2.68. The normalized spacial score (nSPS) is 9.83. The van der Waals surface area contributed by atoms with Gasteiger partial charge in [0.15, 0.2) is 0 Å².